The van der Waals surface area contributed by atoms with Gasteiger partial charge in [-0.25, -0.2) is 14.8 Å². The molecule has 8 heteroatoms. The van der Waals surface area contributed by atoms with E-state index in [9.17, 15) is 4.79 Å². The zero-order chi connectivity index (χ0) is 14.8. The van der Waals surface area contributed by atoms with E-state index in [2.05, 4.69) is 19.9 Å². The first-order valence-corrected chi connectivity index (χ1v) is 6.99. The predicted octanol–water partition coefficient (Wildman–Crippen LogP) is 0.642. The zero-order valence-corrected chi connectivity index (χ0v) is 12.2. The van der Waals surface area contributed by atoms with Crippen LogP contribution in [0.3, 0.4) is 0 Å². The van der Waals surface area contributed by atoms with Gasteiger partial charge < -0.3 is 19.1 Å². The van der Waals surface area contributed by atoms with Crippen LogP contribution in [0.5, 0.6) is 0 Å². The van der Waals surface area contributed by atoms with Crippen molar-refractivity contribution in [2.45, 2.75) is 6.92 Å². The first-order chi connectivity index (χ1) is 10.2. The summed E-state index contributed by atoms with van der Waals surface area (Å²) in [6.45, 7) is 4.84. The van der Waals surface area contributed by atoms with Crippen LogP contribution in [-0.4, -0.2) is 63.3 Å². The average Bonchev–Trinajstić information content (AvgIpc) is 2.89. The Hall–Kier alpha value is -2.38. The number of imidazole rings is 1. The molecule has 0 atom stereocenters. The molecule has 1 saturated heterocycles. The van der Waals surface area contributed by atoms with Crippen LogP contribution in [0.25, 0.3) is 11.2 Å². The molecule has 1 amide bonds. The van der Waals surface area contributed by atoms with Crippen LogP contribution in [0.2, 0.25) is 0 Å². The van der Waals surface area contributed by atoms with Gasteiger partial charge in [-0.3, -0.25) is 0 Å². The summed E-state index contributed by atoms with van der Waals surface area (Å²) in [4.78, 5) is 28.6. The standard InChI is InChI=1S/C13H18N6O2/c1-3-21-13(20)19-6-4-18(5-7-19)12-14-8-10-11(16-12)17(2)9-15-10/h8-9H,3-7H2,1-2H3. The molecule has 1 aliphatic heterocycles. The van der Waals surface area contributed by atoms with Gasteiger partial charge in [0, 0.05) is 33.2 Å². The van der Waals surface area contributed by atoms with Gasteiger partial charge in [0.05, 0.1) is 19.1 Å². The number of ether oxygens (including phenoxy) is 1. The lowest BCUT2D eigenvalue weighted by molar-refractivity contribution is 0.105. The van der Waals surface area contributed by atoms with Crippen LogP contribution in [0.4, 0.5) is 10.7 Å². The smallest absolute Gasteiger partial charge is 0.409 e. The van der Waals surface area contributed by atoms with Crippen molar-refractivity contribution < 1.29 is 9.53 Å². The maximum atomic E-state index is 11.7. The molecule has 112 valence electrons. The van der Waals surface area contributed by atoms with E-state index < -0.39 is 0 Å². The summed E-state index contributed by atoms with van der Waals surface area (Å²) < 4.78 is 6.88. The molecule has 0 aliphatic carbocycles. The maximum Gasteiger partial charge on any atom is 0.409 e. The number of carbonyl (C=O) groups is 1. The predicted molar refractivity (Wildman–Crippen MR) is 77.1 cm³/mol. The molecule has 0 radical (unpaired) electrons. The van der Waals surface area contributed by atoms with Gasteiger partial charge in [-0.1, -0.05) is 0 Å². The van der Waals surface area contributed by atoms with E-state index >= 15 is 0 Å². The van der Waals surface area contributed by atoms with E-state index in [-0.39, 0.29) is 6.09 Å². The first-order valence-electron chi connectivity index (χ1n) is 6.99. The molecule has 0 spiro atoms. The highest BCUT2D eigenvalue weighted by atomic mass is 16.6. The van der Waals surface area contributed by atoms with Crippen molar-refractivity contribution >= 4 is 23.2 Å². The van der Waals surface area contributed by atoms with Gasteiger partial charge in [0.25, 0.3) is 0 Å². The highest BCUT2D eigenvalue weighted by molar-refractivity contribution is 5.71. The molecule has 2 aromatic rings. The third-order valence-electron chi connectivity index (χ3n) is 3.53. The number of aromatic nitrogens is 4. The molecule has 3 rings (SSSR count). The fraction of sp³-hybridized carbons (Fsp3) is 0.538. The molecule has 8 nitrogen and oxygen atoms in total. The topological polar surface area (TPSA) is 76.4 Å². The fourth-order valence-corrected chi connectivity index (χ4v) is 2.37. The third kappa shape index (κ3) is 2.61. The summed E-state index contributed by atoms with van der Waals surface area (Å²) in [7, 11) is 1.91. The molecular formula is C13H18N6O2. The molecule has 0 bridgehead atoms. The van der Waals surface area contributed by atoms with Crippen molar-refractivity contribution in [2.75, 3.05) is 37.7 Å². The monoisotopic (exact) mass is 290 g/mol. The Balaban J connectivity index is 1.70. The third-order valence-corrected chi connectivity index (χ3v) is 3.53. The Labute approximate surface area is 122 Å². The zero-order valence-electron chi connectivity index (χ0n) is 12.2. The first kappa shape index (κ1) is 13.6. The van der Waals surface area contributed by atoms with Gasteiger partial charge in [-0.05, 0) is 6.92 Å². The summed E-state index contributed by atoms with van der Waals surface area (Å²) in [5.74, 6) is 0.676. The fourth-order valence-electron chi connectivity index (χ4n) is 2.37. The molecule has 3 heterocycles. The minimum absolute atomic E-state index is 0.250. The Morgan fingerprint density at radius 3 is 2.76 bits per heavy atom. The summed E-state index contributed by atoms with van der Waals surface area (Å²) in [5.41, 5.74) is 1.60. The Kier molecular flexibility index (Phi) is 3.59. The molecule has 21 heavy (non-hydrogen) atoms. The number of rotatable bonds is 2. The SMILES string of the molecule is CCOC(=O)N1CCN(c2ncc3ncn(C)c3n2)CC1. The summed E-state index contributed by atoms with van der Waals surface area (Å²) in [6, 6.07) is 0. The number of nitrogens with zero attached hydrogens (tertiary/aromatic N) is 6. The van der Waals surface area contributed by atoms with Gasteiger partial charge in [0.2, 0.25) is 5.95 Å². The number of amides is 1. The Morgan fingerprint density at radius 2 is 2.05 bits per heavy atom. The Morgan fingerprint density at radius 1 is 1.29 bits per heavy atom. The molecular weight excluding hydrogens is 272 g/mol. The van der Waals surface area contributed by atoms with Crippen molar-refractivity contribution in [1.29, 1.82) is 0 Å². The quantitative estimate of drug-likeness (QED) is 0.808. The van der Waals surface area contributed by atoms with Crippen LogP contribution in [0.1, 0.15) is 6.92 Å². The minimum Gasteiger partial charge on any atom is -0.450 e. The lowest BCUT2D eigenvalue weighted by atomic mass is 10.3. The average molecular weight is 290 g/mol. The van der Waals surface area contributed by atoms with Gasteiger partial charge in [-0.2, -0.15) is 4.98 Å². The number of piperazine rings is 1. The summed E-state index contributed by atoms with van der Waals surface area (Å²) >= 11 is 0. The molecule has 0 saturated carbocycles. The van der Waals surface area contributed by atoms with E-state index in [1.54, 1.807) is 17.4 Å². The highest BCUT2D eigenvalue weighted by Gasteiger charge is 2.23. The number of hydrogen-bond donors (Lipinski definition) is 0. The van der Waals surface area contributed by atoms with Gasteiger partial charge in [0.1, 0.15) is 5.52 Å². The molecule has 0 N–H and O–H groups in total. The molecule has 2 aromatic heterocycles. The maximum absolute atomic E-state index is 11.7. The van der Waals surface area contributed by atoms with Crippen molar-refractivity contribution in [1.82, 2.24) is 24.4 Å². The van der Waals surface area contributed by atoms with Crippen molar-refractivity contribution in [2.24, 2.45) is 7.05 Å². The highest BCUT2D eigenvalue weighted by Crippen LogP contribution is 2.15. The summed E-state index contributed by atoms with van der Waals surface area (Å²) in [6.07, 6.45) is 3.21. The lowest BCUT2D eigenvalue weighted by Gasteiger charge is -2.33. The van der Waals surface area contributed by atoms with Gasteiger partial charge in [-0.15, -0.1) is 0 Å². The second-order valence-corrected chi connectivity index (χ2v) is 4.91. The Bertz CT molecular complexity index is 647. The molecule has 1 fully saturated rings. The van der Waals surface area contributed by atoms with E-state index in [1.165, 1.54) is 0 Å². The number of fused-ring (bicyclic) bond motifs is 1. The van der Waals surface area contributed by atoms with Crippen LogP contribution in [0, 0.1) is 0 Å². The normalized spacial score (nSPS) is 15.5. The molecule has 0 unspecified atom stereocenters. The number of aryl methyl sites for hydroxylation is 1. The van der Waals surface area contributed by atoms with Gasteiger partial charge in [0.15, 0.2) is 5.65 Å². The summed E-state index contributed by atoms with van der Waals surface area (Å²) in [5, 5.41) is 0. The molecule has 0 aromatic carbocycles. The van der Waals surface area contributed by atoms with Crippen molar-refractivity contribution in [3.05, 3.63) is 12.5 Å². The minimum atomic E-state index is -0.250. The van der Waals surface area contributed by atoms with Crippen LogP contribution in [-0.2, 0) is 11.8 Å². The number of anilines is 1. The van der Waals surface area contributed by atoms with Gasteiger partial charge >= 0.3 is 6.09 Å². The van der Waals surface area contributed by atoms with Crippen molar-refractivity contribution in [3.8, 4) is 0 Å². The second-order valence-electron chi connectivity index (χ2n) is 4.91. The molecule has 1 aliphatic rings. The van der Waals surface area contributed by atoms with Crippen LogP contribution in [0.15, 0.2) is 12.5 Å². The van der Waals surface area contributed by atoms with E-state index in [1.807, 2.05) is 18.5 Å². The van der Waals surface area contributed by atoms with E-state index in [0.717, 1.165) is 11.2 Å². The van der Waals surface area contributed by atoms with Crippen LogP contribution < -0.4 is 4.90 Å². The van der Waals surface area contributed by atoms with E-state index in [4.69, 9.17) is 4.74 Å². The number of hydrogen-bond acceptors (Lipinski definition) is 6. The van der Waals surface area contributed by atoms with Crippen LogP contribution >= 0.6 is 0 Å². The lowest BCUT2D eigenvalue weighted by Crippen LogP contribution is -2.49. The van der Waals surface area contributed by atoms with E-state index in [0.29, 0.717) is 38.7 Å². The second kappa shape index (κ2) is 5.55. The largest absolute Gasteiger partial charge is 0.450 e. The van der Waals surface area contributed by atoms with Crippen molar-refractivity contribution in [3.63, 3.8) is 0 Å². The number of carbonyl (C=O) groups excluding carboxylic acids is 1.